The van der Waals surface area contributed by atoms with E-state index in [4.69, 9.17) is 0 Å². The maximum atomic E-state index is 13.8. The van der Waals surface area contributed by atoms with Crippen LogP contribution >= 0.6 is 0 Å². The zero-order valence-corrected chi connectivity index (χ0v) is 10.9. The summed E-state index contributed by atoms with van der Waals surface area (Å²) in [6.07, 6.45) is 3.41. The molecule has 1 aromatic carbocycles. The van der Waals surface area contributed by atoms with E-state index in [1.807, 2.05) is 0 Å². The molecule has 0 N–H and O–H groups in total. The Bertz CT molecular complexity index is 681. The highest BCUT2D eigenvalue weighted by molar-refractivity contribution is 5.93. The zero-order valence-electron chi connectivity index (χ0n) is 10.9. The summed E-state index contributed by atoms with van der Waals surface area (Å²) in [7, 11) is 1.72. The fourth-order valence-electron chi connectivity index (χ4n) is 2.48. The van der Waals surface area contributed by atoms with Crippen LogP contribution in [0.25, 0.3) is 0 Å². The molecule has 0 saturated carbocycles. The molecular formula is C14H13F2N3O. The molecule has 0 spiro atoms. The van der Waals surface area contributed by atoms with Gasteiger partial charge in [-0.2, -0.15) is 5.10 Å². The third-order valence-corrected chi connectivity index (χ3v) is 3.54. The molecule has 0 aliphatic carbocycles. The summed E-state index contributed by atoms with van der Waals surface area (Å²) < 4.78 is 28.9. The maximum Gasteiger partial charge on any atom is 0.257 e. The van der Waals surface area contributed by atoms with Crippen LogP contribution in [0.2, 0.25) is 0 Å². The van der Waals surface area contributed by atoms with Crippen molar-refractivity contribution in [3.63, 3.8) is 0 Å². The third kappa shape index (κ3) is 2.07. The Labute approximate surface area is 114 Å². The van der Waals surface area contributed by atoms with Crippen LogP contribution in [0.4, 0.5) is 8.78 Å². The Morgan fingerprint density at radius 3 is 2.60 bits per heavy atom. The monoisotopic (exact) mass is 277 g/mol. The van der Waals surface area contributed by atoms with Gasteiger partial charge in [0.25, 0.3) is 5.91 Å². The normalized spacial score (nSPS) is 14.2. The summed E-state index contributed by atoms with van der Waals surface area (Å²) in [6.45, 7) is 0.466. The molecule has 0 saturated heterocycles. The number of benzene rings is 1. The number of carbonyl (C=O) groups is 1. The summed E-state index contributed by atoms with van der Waals surface area (Å²) in [4.78, 5) is 13.8. The van der Waals surface area contributed by atoms with Gasteiger partial charge < -0.3 is 4.90 Å². The van der Waals surface area contributed by atoms with Crippen molar-refractivity contribution in [3.8, 4) is 0 Å². The number of hydrogen-bond acceptors (Lipinski definition) is 2. The molecule has 2 aromatic rings. The lowest BCUT2D eigenvalue weighted by Crippen LogP contribution is -2.36. The number of fused-ring (bicyclic) bond motifs is 1. The van der Waals surface area contributed by atoms with Crippen molar-refractivity contribution in [2.24, 2.45) is 7.05 Å². The first-order chi connectivity index (χ1) is 9.56. The van der Waals surface area contributed by atoms with Crippen molar-refractivity contribution in [1.82, 2.24) is 14.7 Å². The summed E-state index contributed by atoms with van der Waals surface area (Å²) in [6, 6.07) is 2.24. The highest BCUT2D eigenvalue weighted by Gasteiger charge is 2.26. The van der Waals surface area contributed by atoms with Crippen LogP contribution < -0.4 is 0 Å². The van der Waals surface area contributed by atoms with Gasteiger partial charge in [0.2, 0.25) is 0 Å². The smallest absolute Gasteiger partial charge is 0.257 e. The Balaban J connectivity index is 1.89. The van der Waals surface area contributed by atoms with Gasteiger partial charge in [0.15, 0.2) is 0 Å². The number of carbonyl (C=O) groups excluding carboxylic acids is 1. The molecule has 0 unspecified atom stereocenters. The second-order valence-electron chi connectivity index (χ2n) is 4.87. The molecule has 4 nitrogen and oxygen atoms in total. The first kappa shape index (κ1) is 12.8. The van der Waals surface area contributed by atoms with Gasteiger partial charge in [-0.3, -0.25) is 9.48 Å². The predicted octanol–water partition coefficient (Wildman–Crippen LogP) is 1.90. The van der Waals surface area contributed by atoms with Gasteiger partial charge in [0.05, 0.1) is 11.8 Å². The Morgan fingerprint density at radius 1 is 1.25 bits per heavy atom. The number of amides is 1. The summed E-state index contributed by atoms with van der Waals surface area (Å²) in [5.41, 5.74) is 1.10. The Morgan fingerprint density at radius 2 is 1.95 bits per heavy atom. The van der Waals surface area contributed by atoms with E-state index in [1.54, 1.807) is 13.2 Å². The SMILES string of the molecule is Cn1cc(C(=O)N2CCc3c(F)ccc(F)c3C2)cn1. The van der Waals surface area contributed by atoms with Crippen LogP contribution in [-0.2, 0) is 20.0 Å². The van der Waals surface area contributed by atoms with Gasteiger partial charge in [-0.25, -0.2) is 8.78 Å². The topological polar surface area (TPSA) is 38.1 Å². The maximum absolute atomic E-state index is 13.8. The molecule has 104 valence electrons. The van der Waals surface area contributed by atoms with E-state index in [2.05, 4.69) is 5.10 Å². The predicted molar refractivity (Wildman–Crippen MR) is 68.0 cm³/mol. The van der Waals surface area contributed by atoms with Gasteiger partial charge in [0, 0.05) is 31.9 Å². The quantitative estimate of drug-likeness (QED) is 0.798. The van der Waals surface area contributed by atoms with Gasteiger partial charge in [-0.1, -0.05) is 0 Å². The third-order valence-electron chi connectivity index (χ3n) is 3.54. The minimum absolute atomic E-state index is 0.0899. The molecule has 1 aromatic heterocycles. The second kappa shape index (κ2) is 4.70. The molecule has 20 heavy (non-hydrogen) atoms. The van der Waals surface area contributed by atoms with E-state index in [-0.39, 0.29) is 18.0 Å². The Hall–Kier alpha value is -2.24. The van der Waals surface area contributed by atoms with Crippen LogP contribution in [0.1, 0.15) is 21.5 Å². The van der Waals surface area contributed by atoms with Gasteiger partial charge in [-0.15, -0.1) is 0 Å². The average molecular weight is 277 g/mol. The fraction of sp³-hybridized carbons (Fsp3) is 0.286. The van der Waals surface area contributed by atoms with E-state index < -0.39 is 11.6 Å². The first-order valence-corrected chi connectivity index (χ1v) is 6.30. The molecule has 1 aliphatic rings. The van der Waals surface area contributed by atoms with Crippen molar-refractivity contribution in [2.75, 3.05) is 6.54 Å². The van der Waals surface area contributed by atoms with Crippen LogP contribution in [0.3, 0.4) is 0 Å². The van der Waals surface area contributed by atoms with Gasteiger partial charge >= 0.3 is 0 Å². The molecule has 1 aliphatic heterocycles. The van der Waals surface area contributed by atoms with E-state index >= 15 is 0 Å². The number of aryl methyl sites for hydroxylation is 1. The van der Waals surface area contributed by atoms with Crippen LogP contribution in [0, 0.1) is 11.6 Å². The van der Waals surface area contributed by atoms with E-state index in [1.165, 1.54) is 15.8 Å². The molecule has 1 amide bonds. The number of hydrogen-bond donors (Lipinski definition) is 0. The van der Waals surface area contributed by atoms with E-state index in [9.17, 15) is 13.6 Å². The molecule has 0 atom stereocenters. The first-order valence-electron chi connectivity index (χ1n) is 6.30. The van der Waals surface area contributed by atoms with Crippen molar-refractivity contribution < 1.29 is 13.6 Å². The molecule has 3 rings (SSSR count). The molecule has 0 fully saturated rings. The summed E-state index contributed by atoms with van der Waals surface area (Å²) >= 11 is 0. The second-order valence-corrected chi connectivity index (χ2v) is 4.87. The molecular weight excluding hydrogens is 264 g/mol. The molecule has 0 bridgehead atoms. The van der Waals surface area contributed by atoms with Gasteiger partial charge in [-0.05, 0) is 24.1 Å². The molecule has 2 heterocycles. The number of rotatable bonds is 1. The molecule has 0 radical (unpaired) electrons. The minimum atomic E-state index is -0.468. The number of aromatic nitrogens is 2. The van der Waals surface area contributed by atoms with Gasteiger partial charge in [0.1, 0.15) is 11.6 Å². The summed E-state index contributed by atoms with van der Waals surface area (Å²) in [5, 5.41) is 3.94. The van der Waals surface area contributed by atoms with Crippen LogP contribution in [-0.4, -0.2) is 27.1 Å². The standard InChI is InChI=1S/C14H13F2N3O/c1-18-7-9(6-17-18)14(20)19-5-4-10-11(8-19)13(16)3-2-12(10)15/h2-3,6-7H,4-5,8H2,1H3. The lowest BCUT2D eigenvalue weighted by atomic mass is 9.98. The number of halogens is 2. The average Bonchev–Trinajstić information content (AvgIpc) is 2.88. The summed E-state index contributed by atoms with van der Waals surface area (Å²) in [5.74, 6) is -1.09. The van der Waals surface area contributed by atoms with E-state index in [0.29, 0.717) is 24.1 Å². The van der Waals surface area contributed by atoms with Crippen LogP contribution in [0.15, 0.2) is 24.5 Å². The zero-order chi connectivity index (χ0) is 14.3. The van der Waals surface area contributed by atoms with Crippen molar-refractivity contribution >= 4 is 5.91 Å². The lowest BCUT2D eigenvalue weighted by molar-refractivity contribution is 0.0731. The highest BCUT2D eigenvalue weighted by Crippen LogP contribution is 2.25. The van der Waals surface area contributed by atoms with Crippen molar-refractivity contribution in [2.45, 2.75) is 13.0 Å². The van der Waals surface area contributed by atoms with Crippen molar-refractivity contribution in [1.29, 1.82) is 0 Å². The number of nitrogens with zero attached hydrogens (tertiary/aromatic N) is 3. The highest BCUT2D eigenvalue weighted by atomic mass is 19.1. The minimum Gasteiger partial charge on any atom is -0.334 e. The largest absolute Gasteiger partial charge is 0.334 e. The molecule has 6 heteroatoms. The van der Waals surface area contributed by atoms with Crippen LogP contribution in [0.5, 0.6) is 0 Å². The fourth-order valence-corrected chi connectivity index (χ4v) is 2.48. The van der Waals surface area contributed by atoms with E-state index in [0.717, 1.165) is 12.1 Å². The van der Waals surface area contributed by atoms with Crippen molar-refractivity contribution in [3.05, 3.63) is 52.9 Å². The lowest BCUT2D eigenvalue weighted by Gasteiger charge is -2.29. The Kier molecular flexibility index (Phi) is 3.00.